The second-order valence-corrected chi connectivity index (χ2v) is 15.2. The molecule has 0 spiro atoms. The average molecular weight is 754 g/mol. The maximum Gasteiger partial charge on any atom is 0.338 e. The van der Waals surface area contributed by atoms with Crippen molar-refractivity contribution in [2.75, 3.05) is 39.9 Å². The normalized spacial score (nSPS) is 22.3. The van der Waals surface area contributed by atoms with Crippen molar-refractivity contribution in [2.45, 2.75) is 77.8 Å². The van der Waals surface area contributed by atoms with Gasteiger partial charge in [-0.25, -0.2) is 22.9 Å². The lowest BCUT2D eigenvalue weighted by Crippen LogP contribution is -2.52. The van der Waals surface area contributed by atoms with Crippen molar-refractivity contribution in [1.29, 1.82) is 0 Å². The third kappa shape index (κ3) is 7.91. The number of amidine groups is 1. The fourth-order valence-electron chi connectivity index (χ4n) is 7.57. The van der Waals surface area contributed by atoms with Crippen LogP contribution < -0.4 is 5.32 Å². The molecule has 10 nitrogen and oxygen atoms in total. The summed E-state index contributed by atoms with van der Waals surface area (Å²) in [7, 11) is 1.47. The lowest BCUT2D eigenvalue weighted by molar-refractivity contribution is -0.165. The Labute approximate surface area is 312 Å². The van der Waals surface area contributed by atoms with Crippen LogP contribution in [0.25, 0.3) is 0 Å². The first-order valence-electron chi connectivity index (χ1n) is 17.8. The van der Waals surface area contributed by atoms with E-state index in [1.807, 2.05) is 42.6 Å². The van der Waals surface area contributed by atoms with Gasteiger partial charge in [0.25, 0.3) is 5.92 Å². The average Bonchev–Trinajstić information content (AvgIpc) is 3.83. The van der Waals surface area contributed by atoms with Crippen molar-refractivity contribution in [2.24, 2.45) is 10.4 Å². The minimum absolute atomic E-state index is 0.0437. The second-order valence-electron chi connectivity index (χ2n) is 14.3. The summed E-state index contributed by atoms with van der Waals surface area (Å²) >= 11 is 1.35. The van der Waals surface area contributed by atoms with Crippen LogP contribution in [0.3, 0.4) is 0 Å². The van der Waals surface area contributed by atoms with Crippen LogP contribution in [0, 0.1) is 25.1 Å². The molecule has 0 saturated carbocycles. The highest BCUT2D eigenvalue weighted by atomic mass is 32.1. The van der Waals surface area contributed by atoms with Crippen LogP contribution >= 0.6 is 11.3 Å². The Morgan fingerprint density at radius 1 is 1.09 bits per heavy atom. The molecule has 2 aromatic carbocycles. The molecule has 4 heterocycles. The van der Waals surface area contributed by atoms with Gasteiger partial charge in [-0.3, -0.25) is 19.6 Å². The number of rotatable bonds is 13. The number of aliphatic imine (C=N–C) groups is 1. The molecule has 4 atom stereocenters. The van der Waals surface area contributed by atoms with Crippen LogP contribution in [-0.4, -0.2) is 96.6 Å². The second kappa shape index (κ2) is 15.7. The van der Waals surface area contributed by atoms with Crippen molar-refractivity contribution >= 4 is 29.1 Å². The predicted octanol–water partition coefficient (Wildman–Crippen LogP) is 5.99. The number of aryl methyl sites for hydroxylation is 1. The fourth-order valence-corrected chi connectivity index (χ4v) is 8.32. The highest BCUT2D eigenvalue weighted by molar-refractivity contribution is 7.11. The van der Waals surface area contributed by atoms with E-state index in [9.17, 15) is 14.0 Å². The number of hydrogen-bond donors (Lipinski definition) is 1. The molecule has 14 heteroatoms. The number of nitrogens with zero attached hydrogens (tertiary/aromatic N) is 4. The molecule has 3 aliphatic rings. The SMILES string of the molecule is CCOC(=O)C1=C(CN2CC(F)(F)[C@H]3[C@@H]2CCN3CC(OC)C(C)(C)C(=O)OCc2ccccc2)NC(c2nc(C)cs2)=N[C@H]1c1cccc(F)c1C. The summed E-state index contributed by atoms with van der Waals surface area (Å²) in [6.07, 6.45) is -0.306. The number of aromatic nitrogens is 1. The molecule has 3 aromatic rings. The van der Waals surface area contributed by atoms with Gasteiger partial charge in [-0.15, -0.1) is 11.3 Å². The van der Waals surface area contributed by atoms with Crippen LogP contribution in [0.15, 0.2) is 70.2 Å². The summed E-state index contributed by atoms with van der Waals surface area (Å²) in [5.74, 6) is -4.37. The number of fused-ring (bicyclic) bond motifs is 1. The molecule has 1 N–H and O–H groups in total. The third-order valence-electron chi connectivity index (χ3n) is 10.4. The van der Waals surface area contributed by atoms with Crippen molar-refractivity contribution < 1.29 is 37.0 Å². The van der Waals surface area contributed by atoms with Crippen LogP contribution in [0.1, 0.15) is 60.6 Å². The molecule has 2 fully saturated rings. The molecule has 1 aromatic heterocycles. The molecule has 3 aliphatic heterocycles. The number of likely N-dealkylation sites (tertiary alicyclic amines) is 2. The van der Waals surface area contributed by atoms with E-state index in [1.165, 1.54) is 24.5 Å². The molecule has 6 rings (SSSR count). The first-order chi connectivity index (χ1) is 25.2. The van der Waals surface area contributed by atoms with Gasteiger partial charge in [0.05, 0.1) is 36.3 Å². The van der Waals surface area contributed by atoms with Crippen LogP contribution in [0.5, 0.6) is 0 Å². The molecule has 0 bridgehead atoms. The van der Waals surface area contributed by atoms with Gasteiger partial charge in [0.15, 0.2) is 10.8 Å². The largest absolute Gasteiger partial charge is 0.463 e. The van der Waals surface area contributed by atoms with E-state index in [0.29, 0.717) is 40.6 Å². The summed E-state index contributed by atoms with van der Waals surface area (Å²) in [4.78, 5) is 39.9. The van der Waals surface area contributed by atoms with Crippen molar-refractivity contribution in [3.05, 3.63) is 98.4 Å². The lowest BCUT2D eigenvalue weighted by Gasteiger charge is -2.36. The standard InChI is InChI=1S/C39H46F3N5O5S/c1-7-51-36(48)31-28(44-34(35-43-23(2)21-53-35)45-32(31)26-14-11-15-27(40)24(26)3)18-47-22-39(41,42)33-29(47)16-17-46(33)19-30(50-6)38(4,5)37(49)52-20-25-12-9-8-10-13-25/h8-15,21,29-30,32-33H,7,16-20,22H2,1-6H3,(H,44,45)/t29-,30?,32-,33+/m0/s1. The van der Waals surface area contributed by atoms with Gasteiger partial charge in [0.1, 0.15) is 18.5 Å². The number of benzene rings is 2. The van der Waals surface area contributed by atoms with E-state index >= 15 is 8.78 Å². The van der Waals surface area contributed by atoms with E-state index in [4.69, 9.17) is 19.2 Å². The van der Waals surface area contributed by atoms with E-state index in [2.05, 4.69) is 10.3 Å². The van der Waals surface area contributed by atoms with E-state index in [0.717, 1.165) is 11.3 Å². The molecule has 284 valence electrons. The Hall–Kier alpha value is -4.11. The molecule has 53 heavy (non-hydrogen) atoms. The first kappa shape index (κ1) is 38.6. The fraction of sp³-hybridized carbons (Fsp3) is 0.487. The smallest absolute Gasteiger partial charge is 0.338 e. The molecule has 2 saturated heterocycles. The van der Waals surface area contributed by atoms with E-state index in [-0.39, 0.29) is 31.9 Å². The predicted molar refractivity (Wildman–Crippen MR) is 195 cm³/mol. The van der Waals surface area contributed by atoms with Gasteiger partial charge in [-0.2, -0.15) is 0 Å². The maximum atomic E-state index is 16.2. The zero-order valence-electron chi connectivity index (χ0n) is 30.8. The molecular weight excluding hydrogens is 708 g/mol. The summed E-state index contributed by atoms with van der Waals surface area (Å²) in [6.45, 7) is 8.56. The first-order valence-corrected chi connectivity index (χ1v) is 18.7. The minimum atomic E-state index is -3.13. The van der Waals surface area contributed by atoms with Crippen molar-refractivity contribution in [3.8, 4) is 0 Å². The lowest BCUT2D eigenvalue weighted by atomic mass is 9.85. The number of ether oxygens (including phenoxy) is 3. The number of carbonyl (C=O) groups is 2. The molecule has 1 unspecified atom stereocenters. The monoisotopic (exact) mass is 753 g/mol. The zero-order chi connectivity index (χ0) is 38.1. The Kier molecular flexibility index (Phi) is 11.4. The van der Waals surface area contributed by atoms with Gasteiger partial charge in [0.2, 0.25) is 0 Å². The van der Waals surface area contributed by atoms with Gasteiger partial charge < -0.3 is 19.5 Å². The van der Waals surface area contributed by atoms with Gasteiger partial charge in [0, 0.05) is 49.6 Å². The topological polar surface area (TPSA) is 106 Å². The summed E-state index contributed by atoms with van der Waals surface area (Å²) in [6, 6.07) is 11.2. The Morgan fingerprint density at radius 3 is 2.53 bits per heavy atom. The number of carbonyl (C=O) groups excluding carboxylic acids is 2. The van der Waals surface area contributed by atoms with Crippen molar-refractivity contribution in [1.82, 2.24) is 20.1 Å². The number of halogens is 3. The summed E-state index contributed by atoms with van der Waals surface area (Å²) in [5.41, 5.74) is 1.74. The van der Waals surface area contributed by atoms with E-state index < -0.39 is 59.9 Å². The highest BCUT2D eigenvalue weighted by Gasteiger charge is 2.60. The maximum absolute atomic E-state index is 16.2. The van der Waals surface area contributed by atoms with Crippen molar-refractivity contribution in [3.63, 3.8) is 0 Å². The van der Waals surface area contributed by atoms with E-state index in [1.54, 1.807) is 49.6 Å². The number of esters is 2. The number of hydrogen-bond acceptors (Lipinski definition) is 11. The highest BCUT2D eigenvalue weighted by Crippen LogP contribution is 2.44. The van der Waals surface area contributed by atoms with Gasteiger partial charge in [-0.1, -0.05) is 42.5 Å². The Bertz CT molecular complexity index is 1880. The number of thiazole rings is 1. The van der Waals surface area contributed by atoms with Gasteiger partial charge >= 0.3 is 11.9 Å². The Balaban J connectivity index is 1.27. The number of nitrogens with one attached hydrogen (secondary N) is 1. The molecule has 0 aliphatic carbocycles. The summed E-state index contributed by atoms with van der Waals surface area (Å²) in [5, 5.41) is 5.67. The third-order valence-corrected chi connectivity index (χ3v) is 11.4. The quantitative estimate of drug-likeness (QED) is 0.211. The van der Waals surface area contributed by atoms with Crippen LogP contribution in [0.2, 0.25) is 0 Å². The molecule has 0 amide bonds. The van der Waals surface area contributed by atoms with Gasteiger partial charge in [-0.05, 0) is 63.8 Å². The summed E-state index contributed by atoms with van der Waals surface area (Å²) < 4.78 is 64.3. The van der Waals surface area contributed by atoms with Crippen LogP contribution in [-0.2, 0) is 30.4 Å². The zero-order valence-corrected chi connectivity index (χ0v) is 31.6. The number of alkyl halides is 2. The minimum Gasteiger partial charge on any atom is -0.463 e. The molecule has 0 radical (unpaired) electrons. The van der Waals surface area contributed by atoms with Crippen LogP contribution in [0.4, 0.5) is 13.2 Å². The number of methoxy groups -OCH3 is 1. The molecular formula is C39H46F3N5O5S. The Morgan fingerprint density at radius 2 is 1.85 bits per heavy atom.